The van der Waals surface area contributed by atoms with Crippen molar-refractivity contribution in [3.63, 3.8) is 0 Å². The number of rotatable bonds is 5. The molecular formula is C32H28FN5O2. The Bertz CT molecular complexity index is 1770. The second kappa shape index (κ2) is 9.61. The summed E-state index contributed by atoms with van der Waals surface area (Å²) in [7, 11) is 0. The van der Waals surface area contributed by atoms with E-state index in [0.717, 1.165) is 77.7 Å². The van der Waals surface area contributed by atoms with Crippen molar-refractivity contribution in [2.45, 2.75) is 37.8 Å². The molecule has 8 heteroatoms. The fourth-order valence-corrected chi connectivity index (χ4v) is 6.37. The molecule has 2 saturated heterocycles. The molecule has 0 radical (unpaired) electrons. The highest BCUT2D eigenvalue weighted by Crippen LogP contribution is 2.41. The van der Waals surface area contributed by atoms with E-state index in [2.05, 4.69) is 50.4 Å². The van der Waals surface area contributed by atoms with Gasteiger partial charge in [-0.1, -0.05) is 24.3 Å². The topological polar surface area (TPSA) is 97.8 Å². The zero-order valence-corrected chi connectivity index (χ0v) is 21.9. The molecule has 2 N–H and O–H groups in total. The van der Waals surface area contributed by atoms with Crippen LogP contribution in [0.1, 0.15) is 36.0 Å². The third kappa shape index (κ3) is 4.42. The van der Waals surface area contributed by atoms with E-state index in [1.807, 2.05) is 18.2 Å². The lowest BCUT2D eigenvalue weighted by Crippen LogP contribution is -2.44. The number of likely N-dealkylation sites (tertiary alicyclic amines) is 1. The number of benzene rings is 3. The summed E-state index contributed by atoms with van der Waals surface area (Å²) >= 11 is 0. The van der Waals surface area contributed by atoms with Crippen molar-refractivity contribution in [2.24, 2.45) is 5.92 Å². The number of nitriles is 1. The first-order valence-corrected chi connectivity index (χ1v) is 13.7. The van der Waals surface area contributed by atoms with Gasteiger partial charge in [-0.25, -0.2) is 4.39 Å². The van der Waals surface area contributed by atoms with Crippen LogP contribution >= 0.6 is 0 Å². The highest BCUT2D eigenvalue weighted by atomic mass is 19.1. The molecule has 40 heavy (non-hydrogen) atoms. The molecule has 2 aliphatic rings. The first-order chi connectivity index (χ1) is 19.5. The summed E-state index contributed by atoms with van der Waals surface area (Å²) in [5.41, 5.74) is 6.06. The quantitative estimate of drug-likeness (QED) is 0.276. The van der Waals surface area contributed by atoms with Crippen LogP contribution in [0.2, 0.25) is 0 Å². The van der Waals surface area contributed by atoms with E-state index >= 15 is 0 Å². The molecule has 1 spiro atoms. The van der Waals surface area contributed by atoms with E-state index < -0.39 is 5.60 Å². The van der Waals surface area contributed by atoms with Crippen LogP contribution in [0.5, 0.6) is 0 Å². The van der Waals surface area contributed by atoms with Crippen molar-refractivity contribution >= 4 is 27.8 Å². The maximum Gasteiger partial charge on any atom is 0.309 e. The maximum absolute atomic E-state index is 13.3. The lowest BCUT2D eigenvalue weighted by atomic mass is 9.83. The van der Waals surface area contributed by atoms with Gasteiger partial charge in [0.2, 0.25) is 0 Å². The third-order valence-electron chi connectivity index (χ3n) is 8.53. The normalized spacial score (nSPS) is 18.9. The van der Waals surface area contributed by atoms with Gasteiger partial charge in [-0.15, -0.1) is 0 Å². The van der Waals surface area contributed by atoms with E-state index in [1.165, 1.54) is 17.7 Å². The van der Waals surface area contributed by atoms with Crippen molar-refractivity contribution in [3.05, 3.63) is 89.2 Å². The van der Waals surface area contributed by atoms with E-state index in [9.17, 15) is 14.4 Å². The lowest BCUT2D eigenvalue weighted by Gasteiger charge is -2.38. The van der Waals surface area contributed by atoms with Crippen molar-refractivity contribution in [3.8, 4) is 17.5 Å². The number of hydrogen-bond donors (Lipinski definition) is 2. The molecule has 1 atom stereocenters. The smallest absolute Gasteiger partial charge is 0.309 e. The molecule has 7 rings (SSSR count). The van der Waals surface area contributed by atoms with Crippen LogP contribution in [0.15, 0.2) is 66.7 Å². The molecule has 7 nitrogen and oxygen atoms in total. The number of piperidine rings is 1. The number of aromatic nitrogens is 3. The van der Waals surface area contributed by atoms with Gasteiger partial charge in [-0.3, -0.25) is 14.8 Å². The summed E-state index contributed by atoms with van der Waals surface area (Å²) in [5, 5.41) is 18.9. The fourth-order valence-electron chi connectivity index (χ4n) is 6.37. The van der Waals surface area contributed by atoms with Gasteiger partial charge in [0.15, 0.2) is 0 Å². The highest BCUT2D eigenvalue weighted by molar-refractivity contribution is 5.96. The number of esters is 1. The van der Waals surface area contributed by atoms with Gasteiger partial charge in [-0.2, -0.15) is 10.4 Å². The number of fused-ring (bicyclic) bond motifs is 2. The number of carbonyl (C=O) groups is 1. The molecule has 0 saturated carbocycles. The second-order valence-electron chi connectivity index (χ2n) is 11.1. The number of carbonyl (C=O) groups excluding carboxylic acids is 1. The maximum atomic E-state index is 13.3. The summed E-state index contributed by atoms with van der Waals surface area (Å²) in [6, 6.07) is 22.6. The zero-order valence-electron chi connectivity index (χ0n) is 21.9. The Morgan fingerprint density at radius 2 is 1.88 bits per heavy atom. The molecule has 0 bridgehead atoms. The minimum atomic E-state index is -0.391. The van der Waals surface area contributed by atoms with Crippen molar-refractivity contribution in [1.82, 2.24) is 20.1 Å². The summed E-state index contributed by atoms with van der Waals surface area (Å²) in [5.74, 6) is -0.566. The molecule has 200 valence electrons. The van der Waals surface area contributed by atoms with Gasteiger partial charge >= 0.3 is 5.97 Å². The fraction of sp³-hybridized carbons (Fsp3) is 0.281. The lowest BCUT2D eigenvalue weighted by molar-refractivity contribution is -0.153. The SMILES string of the molecule is N#Cc1ccc2c(-c3cc4c(CN5CCC6(CC5)CC(Cc5ccc(F)cc5)C(=O)O6)cccc4[nH]3)n[nH]c2c1. The van der Waals surface area contributed by atoms with E-state index in [1.54, 1.807) is 12.1 Å². The Morgan fingerprint density at radius 3 is 2.67 bits per heavy atom. The predicted molar refractivity (Wildman–Crippen MR) is 150 cm³/mol. The summed E-state index contributed by atoms with van der Waals surface area (Å²) in [6.45, 7) is 2.52. The zero-order chi connectivity index (χ0) is 27.3. The Hall–Kier alpha value is -4.48. The summed E-state index contributed by atoms with van der Waals surface area (Å²) in [4.78, 5) is 18.7. The van der Waals surface area contributed by atoms with Crippen LogP contribution < -0.4 is 0 Å². The third-order valence-corrected chi connectivity index (χ3v) is 8.53. The highest BCUT2D eigenvalue weighted by Gasteiger charge is 2.48. The van der Waals surface area contributed by atoms with E-state index in [-0.39, 0.29) is 17.7 Å². The Kier molecular flexibility index (Phi) is 5.90. The minimum absolute atomic E-state index is 0.128. The summed E-state index contributed by atoms with van der Waals surface area (Å²) in [6.07, 6.45) is 2.95. The van der Waals surface area contributed by atoms with Gasteiger partial charge in [0.25, 0.3) is 0 Å². The van der Waals surface area contributed by atoms with Crippen LogP contribution in [-0.4, -0.2) is 44.7 Å². The molecule has 0 amide bonds. The largest absolute Gasteiger partial charge is 0.459 e. The summed E-state index contributed by atoms with van der Waals surface area (Å²) < 4.78 is 19.3. The average molecular weight is 534 g/mol. The molecule has 2 aromatic heterocycles. The predicted octanol–water partition coefficient (Wildman–Crippen LogP) is 5.86. The van der Waals surface area contributed by atoms with Gasteiger partial charge in [0.05, 0.1) is 28.8 Å². The molecule has 2 fully saturated rings. The number of hydrogen-bond acceptors (Lipinski definition) is 5. The first-order valence-electron chi connectivity index (χ1n) is 13.7. The van der Waals surface area contributed by atoms with Crippen LogP contribution in [0, 0.1) is 23.1 Å². The number of aromatic amines is 2. The average Bonchev–Trinajstić information content (AvgIpc) is 3.66. The van der Waals surface area contributed by atoms with Crippen LogP contribution in [0.25, 0.3) is 33.2 Å². The number of halogens is 1. The molecule has 4 heterocycles. The van der Waals surface area contributed by atoms with Crippen LogP contribution in [-0.2, 0) is 22.5 Å². The second-order valence-corrected chi connectivity index (χ2v) is 11.1. The van der Waals surface area contributed by atoms with Crippen LogP contribution in [0.3, 0.4) is 0 Å². The van der Waals surface area contributed by atoms with E-state index in [0.29, 0.717) is 12.0 Å². The van der Waals surface area contributed by atoms with Gasteiger partial charge in [0.1, 0.15) is 17.1 Å². The molecule has 1 unspecified atom stereocenters. The minimum Gasteiger partial charge on any atom is -0.459 e. The Balaban J connectivity index is 1.05. The molecule has 5 aromatic rings. The van der Waals surface area contributed by atoms with E-state index in [4.69, 9.17) is 4.74 Å². The van der Waals surface area contributed by atoms with Gasteiger partial charge in [-0.05, 0) is 60.0 Å². The number of H-pyrrole nitrogens is 2. The number of nitrogens with zero attached hydrogens (tertiary/aromatic N) is 3. The molecule has 0 aliphatic carbocycles. The number of ether oxygens (including phenoxy) is 1. The Labute approximate surface area is 230 Å². The van der Waals surface area contributed by atoms with Crippen molar-refractivity contribution in [1.29, 1.82) is 5.26 Å². The van der Waals surface area contributed by atoms with Crippen molar-refractivity contribution < 1.29 is 13.9 Å². The van der Waals surface area contributed by atoms with Crippen molar-refractivity contribution in [2.75, 3.05) is 13.1 Å². The molecule has 2 aliphatic heterocycles. The monoisotopic (exact) mass is 533 g/mol. The van der Waals surface area contributed by atoms with Crippen LogP contribution in [0.4, 0.5) is 4.39 Å². The van der Waals surface area contributed by atoms with Gasteiger partial charge < -0.3 is 9.72 Å². The number of nitrogens with one attached hydrogen (secondary N) is 2. The molecular weight excluding hydrogens is 505 g/mol. The first kappa shape index (κ1) is 24.6. The molecule has 3 aromatic carbocycles. The Morgan fingerprint density at radius 1 is 1.05 bits per heavy atom. The standard InChI is InChI=1S/C32H28FN5O2/c33-24-7-4-20(5-8-24)14-23-17-32(40-31(23)39)10-12-38(13-11-32)19-22-2-1-3-27-26(22)16-29(35-27)30-25-9-6-21(18-34)15-28(25)36-37-30/h1-9,15-16,23,35H,10-14,17,19H2,(H,36,37). The van der Waals surface area contributed by atoms with Gasteiger partial charge in [0, 0.05) is 55.2 Å².